The van der Waals surface area contributed by atoms with E-state index >= 15 is 0 Å². The lowest BCUT2D eigenvalue weighted by Crippen LogP contribution is -1.96. The van der Waals surface area contributed by atoms with E-state index < -0.39 is 0 Å². The number of nitriles is 1. The van der Waals surface area contributed by atoms with Gasteiger partial charge in [0.25, 0.3) is 0 Å². The number of H-pyrrole nitrogens is 1. The predicted molar refractivity (Wildman–Crippen MR) is 82.1 cm³/mol. The van der Waals surface area contributed by atoms with E-state index in [0.717, 1.165) is 9.26 Å². The molecule has 0 fully saturated rings. The summed E-state index contributed by atoms with van der Waals surface area (Å²) in [5, 5.41) is 25.8. The molecule has 102 valence electrons. The van der Waals surface area contributed by atoms with Crippen molar-refractivity contribution >= 4 is 45.5 Å². The lowest BCUT2D eigenvalue weighted by molar-refractivity contribution is 0.415. The Hall–Kier alpha value is -1.86. The summed E-state index contributed by atoms with van der Waals surface area (Å²) in [5.41, 5.74) is 1.01. The first-order valence-electron chi connectivity index (χ1n) is 5.29. The van der Waals surface area contributed by atoms with Crippen LogP contribution in [0.4, 0.5) is 5.69 Å². The minimum atomic E-state index is 0.218. The van der Waals surface area contributed by atoms with Gasteiger partial charge in [0, 0.05) is 15.8 Å². The second-order valence-corrected chi connectivity index (χ2v) is 5.09. The van der Waals surface area contributed by atoms with Crippen molar-refractivity contribution in [3.63, 3.8) is 0 Å². The van der Waals surface area contributed by atoms with Gasteiger partial charge in [0.15, 0.2) is 0 Å². The van der Waals surface area contributed by atoms with Gasteiger partial charge in [-0.05, 0) is 33.9 Å². The minimum absolute atomic E-state index is 0.218. The van der Waals surface area contributed by atoms with Crippen LogP contribution in [0.1, 0.15) is 5.82 Å². The number of hydrogen-bond acceptors (Lipinski definition) is 6. The number of anilines is 1. The van der Waals surface area contributed by atoms with E-state index in [0.29, 0.717) is 10.8 Å². The number of halogens is 2. The first-order valence-corrected chi connectivity index (χ1v) is 6.75. The maximum atomic E-state index is 9.06. The Balaban J connectivity index is 2.28. The summed E-state index contributed by atoms with van der Waals surface area (Å²) in [7, 11) is 1.54. The van der Waals surface area contributed by atoms with E-state index in [4.69, 9.17) is 21.6 Å². The maximum absolute atomic E-state index is 9.06. The highest BCUT2D eigenvalue weighted by Gasteiger charge is 2.09. The summed E-state index contributed by atoms with van der Waals surface area (Å²) in [6.45, 7) is 0. The van der Waals surface area contributed by atoms with Gasteiger partial charge >= 0.3 is 0 Å². The first-order chi connectivity index (χ1) is 9.65. The topological polar surface area (TPSA) is 99.5 Å². The van der Waals surface area contributed by atoms with Crippen molar-refractivity contribution in [1.82, 2.24) is 20.6 Å². The third-order valence-electron chi connectivity index (χ3n) is 2.32. The first kappa shape index (κ1) is 14.5. The standard InChI is InChI=1S/C11H8ClIN6O/c1-20-10-3-9(8(13)2-7(10)12)15-5-6(4-14)11-16-18-19-17-11/h2-3,5,15H,1H3,(H,16,17,18,19). The Bertz CT molecular complexity index is 679. The fourth-order valence-electron chi connectivity index (χ4n) is 1.37. The molecule has 0 aliphatic rings. The van der Waals surface area contributed by atoms with Crippen molar-refractivity contribution in [2.45, 2.75) is 0 Å². The molecule has 7 nitrogen and oxygen atoms in total. The van der Waals surface area contributed by atoms with Crippen LogP contribution in [0.2, 0.25) is 5.02 Å². The van der Waals surface area contributed by atoms with Crippen LogP contribution >= 0.6 is 34.2 Å². The second-order valence-electron chi connectivity index (χ2n) is 3.52. The van der Waals surface area contributed by atoms with Gasteiger partial charge in [-0.3, -0.25) is 0 Å². The Morgan fingerprint density at radius 2 is 2.40 bits per heavy atom. The molecule has 0 saturated carbocycles. The molecule has 0 saturated heterocycles. The fraction of sp³-hybridized carbons (Fsp3) is 0.0909. The SMILES string of the molecule is COc1cc(NC=C(C#N)c2nn[nH]n2)c(I)cc1Cl. The van der Waals surface area contributed by atoms with E-state index in [1.54, 1.807) is 12.1 Å². The molecule has 0 aliphatic heterocycles. The third kappa shape index (κ3) is 3.17. The van der Waals surface area contributed by atoms with Gasteiger partial charge in [0.2, 0.25) is 5.82 Å². The fourth-order valence-corrected chi connectivity index (χ4v) is 2.42. The molecule has 1 heterocycles. The molecular formula is C11H8ClIN6O. The number of hydrogen-bond donors (Lipinski definition) is 2. The van der Waals surface area contributed by atoms with E-state index in [2.05, 4.69) is 48.5 Å². The average Bonchev–Trinajstić information content (AvgIpc) is 2.95. The number of methoxy groups -OCH3 is 1. The zero-order valence-electron chi connectivity index (χ0n) is 10.2. The van der Waals surface area contributed by atoms with Gasteiger partial charge < -0.3 is 10.1 Å². The van der Waals surface area contributed by atoms with Gasteiger partial charge in [0.05, 0.1) is 17.8 Å². The van der Waals surface area contributed by atoms with Crippen LogP contribution in [-0.4, -0.2) is 27.7 Å². The van der Waals surface area contributed by atoms with E-state index in [-0.39, 0.29) is 11.4 Å². The van der Waals surface area contributed by atoms with Crippen molar-refractivity contribution in [2.24, 2.45) is 0 Å². The van der Waals surface area contributed by atoms with Crippen molar-refractivity contribution in [3.8, 4) is 11.8 Å². The molecule has 0 aliphatic carbocycles. The van der Waals surface area contributed by atoms with Gasteiger partial charge in [0.1, 0.15) is 17.4 Å². The highest BCUT2D eigenvalue weighted by atomic mass is 127. The number of allylic oxidation sites excluding steroid dienone is 1. The summed E-state index contributed by atoms with van der Waals surface area (Å²) in [4.78, 5) is 0. The number of nitrogens with one attached hydrogen (secondary N) is 2. The molecule has 0 unspecified atom stereocenters. The Morgan fingerprint density at radius 1 is 1.60 bits per heavy atom. The molecule has 0 bridgehead atoms. The number of benzene rings is 1. The van der Waals surface area contributed by atoms with Gasteiger partial charge in [-0.1, -0.05) is 11.6 Å². The summed E-state index contributed by atoms with van der Waals surface area (Å²) >= 11 is 8.14. The molecule has 20 heavy (non-hydrogen) atoms. The largest absolute Gasteiger partial charge is 0.495 e. The molecule has 9 heteroatoms. The number of aromatic nitrogens is 4. The van der Waals surface area contributed by atoms with Crippen LogP contribution in [0.3, 0.4) is 0 Å². The highest BCUT2D eigenvalue weighted by molar-refractivity contribution is 14.1. The smallest absolute Gasteiger partial charge is 0.216 e. The molecule has 2 rings (SSSR count). The molecular weight excluding hydrogens is 395 g/mol. The van der Waals surface area contributed by atoms with Crippen LogP contribution in [0.25, 0.3) is 5.57 Å². The number of rotatable bonds is 4. The zero-order valence-corrected chi connectivity index (χ0v) is 13.1. The van der Waals surface area contributed by atoms with Crippen molar-refractivity contribution in [1.29, 1.82) is 5.26 Å². The third-order valence-corrected chi connectivity index (χ3v) is 3.51. The Labute approximate surface area is 133 Å². The molecule has 1 aromatic carbocycles. The lowest BCUT2D eigenvalue weighted by atomic mass is 10.2. The van der Waals surface area contributed by atoms with Crippen LogP contribution in [0.15, 0.2) is 18.3 Å². The highest BCUT2D eigenvalue weighted by Crippen LogP contribution is 2.32. The normalized spacial score (nSPS) is 11.0. The Kier molecular flexibility index (Phi) is 4.75. The molecule has 0 amide bonds. The second kappa shape index (κ2) is 6.53. The molecule has 0 atom stereocenters. The number of tetrazole rings is 1. The van der Waals surface area contributed by atoms with E-state index in [1.165, 1.54) is 13.3 Å². The van der Waals surface area contributed by atoms with Crippen molar-refractivity contribution in [2.75, 3.05) is 12.4 Å². The van der Waals surface area contributed by atoms with E-state index in [1.807, 2.05) is 6.07 Å². The minimum Gasteiger partial charge on any atom is -0.495 e. The predicted octanol–water partition coefficient (Wildman–Crippen LogP) is 2.44. The Morgan fingerprint density at radius 3 is 3.00 bits per heavy atom. The van der Waals surface area contributed by atoms with Crippen molar-refractivity contribution in [3.05, 3.63) is 32.7 Å². The molecule has 0 spiro atoms. The van der Waals surface area contributed by atoms with E-state index in [9.17, 15) is 0 Å². The van der Waals surface area contributed by atoms with Crippen LogP contribution in [0.5, 0.6) is 5.75 Å². The summed E-state index contributed by atoms with van der Waals surface area (Å²) in [5.74, 6) is 0.761. The maximum Gasteiger partial charge on any atom is 0.216 e. The average molecular weight is 403 g/mol. The monoisotopic (exact) mass is 402 g/mol. The summed E-state index contributed by atoms with van der Waals surface area (Å²) in [6.07, 6.45) is 1.50. The van der Waals surface area contributed by atoms with Crippen LogP contribution < -0.4 is 10.1 Å². The lowest BCUT2D eigenvalue weighted by Gasteiger charge is -2.09. The number of ether oxygens (including phenoxy) is 1. The summed E-state index contributed by atoms with van der Waals surface area (Å²) < 4.78 is 6.03. The quantitative estimate of drug-likeness (QED) is 0.602. The van der Waals surface area contributed by atoms with Crippen molar-refractivity contribution < 1.29 is 4.74 Å². The summed E-state index contributed by atoms with van der Waals surface area (Å²) in [6, 6.07) is 5.49. The molecule has 1 aromatic heterocycles. The molecule has 2 N–H and O–H groups in total. The van der Waals surface area contributed by atoms with Crippen LogP contribution in [0, 0.1) is 14.9 Å². The number of nitrogens with zero attached hydrogens (tertiary/aromatic N) is 4. The van der Waals surface area contributed by atoms with Gasteiger partial charge in [-0.2, -0.15) is 10.5 Å². The number of aromatic amines is 1. The van der Waals surface area contributed by atoms with Gasteiger partial charge in [-0.15, -0.1) is 10.2 Å². The molecule has 2 aromatic rings. The van der Waals surface area contributed by atoms with Gasteiger partial charge in [-0.25, -0.2) is 0 Å². The zero-order chi connectivity index (χ0) is 14.5. The van der Waals surface area contributed by atoms with Crippen LogP contribution in [-0.2, 0) is 0 Å². The molecule has 0 radical (unpaired) electrons.